The highest BCUT2D eigenvalue weighted by atomic mass is 79.9. The highest BCUT2D eigenvalue weighted by Gasteiger charge is 2.38. The van der Waals surface area contributed by atoms with E-state index in [4.69, 9.17) is 5.11 Å². The van der Waals surface area contributed by atoms with Crippen LogP contribution < -0.4 is 0 Å². The van der Waals surface area contributed by atoms with Gasteiger partial charge >= 0.3 is 5.97 Å². The van der Waals surface area contributed by atoms with Crippen LogP contribution >= 0.6 is 15.9 Å². The summed E-state index contributed by atoms with van der Waals surface area (Å²) in [5, 5.41) is 9.04. The molecule has 1 saturated heterocycles. The average Bonchev–Trinajstić information content (AvgIpc) is 2.77. The summed E-state index contributed by atoms with van der Waals surface area (Å²) in [6, 6.07) is 6.09. The van der Waals surface area contributed by atoms with Gasteiger partial charge < -0.3 is 5.11 Å². The van der Waals surface area contributed by atoms with Crippen LogP contribution in [0.25, 0.3) is 0 Å². The molecule has 1 aliphatic heterocycles. The third-order valence-corrected chi connectivity index (χ3v) is 5.43. The van der Waals surface area contributed by atoms with Crippen molar-refractivity contribution in [3.63, 3.8) is 0 Å². The maximum absolute atomic E-state index is 12.3. The summed E-state index contributed by atoms with van der Waals surface area (Å²) in [6.45, 7) is 0.285. The number of benzene rings is 1. The maximum atomic E-state index is 12.3. The van der Waals surface area contributed by atoms with E-state index in [0.29, 0.717) is 18.4 Å². The van der Waals surface area contributed by atoms with Crippen molar-refractivity contribution in [2.24, 2.45) is 0 Å². The van der Waals surface area contributed by atoms with Gasteiger partial charge in [-0.25, -0.2) is 8.42 Å². The second kappa shape index (κ2) is 5.60. The molecule has 1 fully saturated rings. The Balaban J connectivity index is 2.21. The van der Waals surface area contributed by atoms with Crippen LogP contribution in [-0.4, -0.2) is 36.4 Å². The minimum atomic E-state index is -3.59. The lowest BCUT2D eigenvalue weighted by Crippen LogP contribution is -2.40. The first-order chi connectivity index (χ1) is 8.90. The zero-order valence-electron chi connectivity index (χ0n) is 10.1. The van der Waals surface area contributed by atoms with Crippen LogP contribution in [0.3, 0.4) is 0 Å². The van der Waals surface area contributed by atoms with Crippen molar-refractivity contribution in [3.8, 4) is 0 Å². The van der Waals surface area contributed by atoms with E-state index in [2.05, 4.69) is 15.9 Å². The Bertz CT molecular complexity index is 587. The third kappa shape index (κ3) is 3.34. The van der Waals surface area contributed by atoms with Crippen molar-refractivity contribution < 1.29 is 18.3 Å². The standard InChI is InChI=1S/C12H14BrNO4S/c13-10-4-1-3-9(7-10)8-19(17,18)14-6-2-5-11(14)12(15)16/h1,3-4,7,11H,2,5-6,8H2,(H,15,16). The van der Waals surface area contributed by atoms with Crippen molar-refractivity contribution in [2.45, 2.75) is 24.6 Å². The summed E-state index contributed by atoms with van der Waals surface area (Å²) < 4.78 is 26.5. The molecule has 104 valence electrons. The van der Waals surface area contributed by atoms with Crippen LogP contribution in [0.1, 0.15) is 18.4 Å². The molecule has 0 spiro atoms. The summed E-state index contributed by atoms with van der Waals surface area (Å²) >= 11 is 3.29. The van der Waals surface area contributed by atoms with E-state index in [-0.39, 0.29) is 12.3 Å². The van der Waals surface area contributed by atoms with Crippen molar-refractivity contribution in [1.82, 2.24) is 4.31 Å². The highest BCUT2D eigenvalue weighted by molar-refractivity contribution is 9.10. The summed E-state index contributed by atoms with van der Waals surface area (Å²) in [5.41, 5.74) is 0.644. The van der Waals surface area contributed by atoms with Gasteiger partial charge in [0, 0.05) is 11.0 Å². The second-order valence-electron chi connectivity index (χ2n) is 4.49. The highest BCUT2D eigenvalue weighted by Crippen LogP contribution is 2.24. The van der Waals surface area contributed by atoms with Gasteiger partial charge in [0.05, 0.1) is 5.75 Å². The molecule has 1 unspecified atom stereocenters. The molecule has 1 heterocycles. The van der Waals surface area contributed by atoms with E-state index >= 15 is 0 Å². The number of halogens is 1. The first-order valence-electron chi connectivity index (χ1n) is 5.87. The van der Waals surface area contributed by atoms with Gasteiger partial charge in [0.2, 0.25) is 10.0 Å². The quantitative estimate of drug-likeness (QED) is 0.901. The average molecular weight is 348 g/mol. The molecular weight excluding hydrogens is 334 g/mol. The van der Waals surface area contributed by atoms with Crippen LogP contribution in [0.4, 0.5) is 0 Å². The Labute approximate surface area is 120 Å². The van der Waals surface area contributed by atoms with Gasteiger partial charge in [-0.2, -0.15) is 4.31 Å². The minimum Gasteiger partial charge on any atom is -0.480 e. The van der Waals surface area contributed by atoms with Crippen LogP contribution in [-0.2, 0) is 20.6 Å². The molecular formula is C12H14BrNO4S. The van der Waals surface area contributed by atoms with E-state index in [0.717, 1.165) is 8.78 Å². The molecule has 0 bridgehead atoms. The smallest absolute Gasteiger partial charge is 0.322 e. The maximum Gasteiger partial charge on any atom is 0.322 e. The van der Waals surface area contributed by atoms with Crippen LogP contribution in [0.2, 0.25) is 0 Å². The Morgan fingerprint density at radius 2 is 2.21 bits per heavy atom. The predicted octanol–water partition coefficient (Wildman–Crippen LogP) is 1.83. The fourth-order valence-corrected chi connectivity index (χ4v) is 4.44. The summed E-state index contributed by atoms with van der Waals surface area (Å²) in [5.74, 6) is -1.24. The Hall–Kier alpha value is -0.920. The lowest BCUT2D eigenvalue weighted by molar-refractivity contribution is -0.140. The SMILES string of the molecule is O=C(O)C1CCCN1S(=O)(=O)Cc1cccc(Br)c1. The number of carboxylic acids is 1. The molecule has 1 aromatic carbocycles. The minimum absolute atomic E-state index is 0.170. The van der Waals surface area contributed by atoms with Crippen LogP contribution in [0.15, 0.2) is 28.7 Å². The number of hydrogen-bond acceptors (Lipinski definition) is 3. The molecule has 0 saturated carbocycles. The predicted molar refractivity (Wildman–Crippen MR) is 74.1 cm³/mol. The molecule has 1 atom stereocenters. The molecule has 1 aromatic rings. The number of carboxylic acid groups (broad SMARTS) is 1. The van der Waals surface area contributed by atoms with Crippen molar-refractivity contribution in [1.29, 1.82) is 0 Å². The molecule has 2 rings (SSSR count). The topological polar surface area (TPSA) is 74.7 Å². The molecule has 1 N–H and O–H groups in total. The normalized spacial score (nSPS) is 20.6. The largest absolute Gasteiger partial charge is 0.480 e. The van der Waals surface area contributed by atoms with Gasteiger partial charge in [-0.15, -0.1) is 0 Å². The molecule has 0 radical (unpaired) electrons. The van der Waals surface area contributed by atoms with E-state index in [9.17, 15) is 13.2 Å². The Morgan fingerprint density at radius 3 is 2.84 bits per heavy atom. The lowest BCUT2D eigenvalue weighted by Gasteiger charge is -2.20. The van der Waals surface area contributed by atoms with Crippen LogP contribution in [0, 0.1) is 0 Å². The van der Waals surface area contributed by atoms with Gasteiger partial charge in [0.1, 0.15) is 6.04 Å². The van der Waals surface area contributed by atoms with Gasteiger partial charge in [-0.05, 0) is 30.5 Å². The zero-order valence-corrected chi connectivity index (χ0v) is 12.5. The molecule has 5 nitrogen and oxygen atoms in total. The lowest BCUT2D eigenvalue weighted by atomic mass is 10.2. The number of nitrogens with zero attached hydrogens (tertiary/aromatic N) is 1. The van der Waals surface area contributed by atoms with E-state index < -0.39 is 22.0 Å². The van der Waals surface area contributed by atoms with E-state index in [1.54, 1.807) is 18.2 Å². The molecule has 0 aliphatic carbocycles. The Kier molecular flexibility index (Phi) is 4.27. The van der Waals surface area contributed by atoms with Gasteiger partial charge in [-0.3, -0.25) is 4.79 Å². The Morgan fingerprint density at radius 1 is 1.47 bits per heavy atom. The van der Waals surface area contributed by atoms with Gasteiger partial charge in [0.25, 0.3) is 0 Å². The zero-order chi connectivity index (χ0) is 14.0. The summed E-state index contributed by atoms with van der Waals surface area (Å²) in [6.07, 6.45) is 0.974. The number of sulfonamides is 1. The van der Waals surface area contributed by atoms with E-state index in [1.165, 1.54) is 0 Å². The van der Waals surface area contributed by atoms with Crippen LogP contribution in [0.5, 0.6) is 0 Å². The monoisotopic (exact) mass is 347 g/mol. The van der Waals surface area contributed by atoms with Crippen molar-refractivity contribution >= 4 is 31.9 Å². The number of carbonyl (C=O) groups is 1. The first kappa shape index (κ1) is 14.5. The third-order valence-electron chi connectivity index (χ3n) is 3.08. The fourth-order valence-electron chi connectivity index (χ4n) is 2.24. The molecule has 19 heavy (non-hydrogen) atoms. The van der Waals surface area contributed by atoms with Crippen molar-refractivity contribution in [2.75, 3.05) is 6.54 Å². The molecule has 0 amide bonds. The van der Waals surface area contributed by atoms with E-state index in [1.807, 2.05) is 6.07 Å². The molecule has 7 heteroatoms. The van der Waals surface area contributed by atoms with Gasteiger partial charge in [-0.1, -0.05) is 28.1 Å². The number of aliphatic carboxylic acids is 1. The first-order valence-corrected chi connectivity index (χ1v) is 8.27. The summed E-state index contributed by atoms with van der Waals surface area (Å²) in [4.78, 5) is 11.1. The molecule has 0 aromatic heterocycles. The fraction of sp³-hybridized carbons (Fsp3) is 0.417. The second-order valence-corrected chi connectivity index (χ2v) is 7.33. The summed E-state index contributed by atoms with van der Waals surface area (Å²) in [7, 11) is -3.59. The number of rotatable bonds is 4. The van der Waals surface area contributed by atoms with Gasteiger partial charge in [0.15, 0.2) is 0 Å². The number of hydrogen-bond donors (Lipinski definition) is 1. The molecule has 1 aliphatic rings. The van der Waals surface area contributed by atoms with Crippen molar-refractivity contribution in [3.05, 3.63) is 34.3 Å².